The molecule has 1 aliphatic heterocycles. The minimum absolute atomic E-state index is 0.0520. The van der Waals surface area contributed by atoms with Crippen LogP contribution >= 0.6 is 0 Å². The second kappa shape index (κ2) is 8.88. The number of hydrogen-bond acceptors (Lipinski definition) is 4. The molecule has 0 atom stereocenters. The van der Waals surface area contributed by atoms with Gasteiger partial charge in [0.2, 0.25) is 11.8 Å². The first-order chi connectivity index (χ1) is 8.68. The highest BCUT2D eigenvalue weighted by Gasteiger charge is 2.14. The highest BCUT2D eigenvalue weighted by atomic mass is 16.5. The van der Waals surface area contributed by atoms with Crippen LogP contribution in [0.1, 0.15) is 25.7 Å². The minimum atomic E-state index is -0.493. The molecule has 0 aliphatic carbocycles. The van der Waals surface area contributed by atoms with Gasteiger partial charge in [-0.05, 0) is 38.3 Å². The fourth-order valence-electron chi connectivity index (χ4n) is 2.03. The van der Waals surface area contributed by atoms with E-state index in [9.17, 15) is 9.59 Å². The third-order valence-electron chi connectivity index (χ3n) is 3.05. The van der Waals surface area contributed by atoms with Crippen LogP contribution in [-0.4, -0.2) is 44.7 Å². The number of carbonyl (C=O) groups is 2. The van der Waals surface area contributed by atoms with Gasteiger partial charge in [0.1, 0.15) is 6.61 Å². The Morgan fingerprint density at radius 2 is 2.06 bits per heavy atom. The van der Waals surface area contributed by atoms with E-state index in [2.05, 4.69) is 10.6 Å². The number of piperidine rings is 1. The molecule has 1 aliphatic rings. The molecule has 0 unspecified atom stereocenters. The zero-order valence-corrected chi connectivity index (χ0v) is 10.7. The third kappa shape index (κ3) is 7.24. The summed E-state index contributed by atoms with van der Waals surface area (Å²) in [6.07, 6.45) is 3.85. The summed E-state index contributed by atoms with van der Waals surface area (Å²) in [5, 5.41) is 6.07. The highest BCUT2D eigenvalue weighted by molar-refractivity contribution is 5.76. The van der Waals surface area contributed by atoms with Gasteiger partial charge in [-0.25, -0.2) is 0 Å². The molecule has 4 N–H and O–H groups in total. The van der Waals surface area contributed by atoms with Gasteiger partial charge in [-0.3, -0.25) is 9.59 Å². The first kappa shape index (κ1) is 14.9. The molecule has 104 valence electrons. The third-order valence-corrected chi connectivity index (χ3v) is 3.05. The van der Waals surface area contributed by atoms with E-state index in [0.717, 1.165) is 32.4 Å². The minimum Gasteiger partial charge on any atom is -0.370 e. The van der Waals surface area contributed by atoms with Gasteiger partial charge in [0.15, 0.2) is 0 Å². The van der Waals surface area contributed by atoms with Gasteiger partial charge in [-0.2, -0.15) is 0 Å². The van der Waals surface area contributed by atoms with Crippen molar-refractivity contribution in [1.82, 2.24) is 10.6 Å². The van der Waals surface area contributed by atoms with E-state index in [0.29, 0.717) is 25.5 Å². The molecule has 0 aromatic carbocycles. The van der Waals surface area contributed by atoms with Gasteiger partial charge in [0.25, 0.3) is 0 Å². The number of rotatable bonds is 8. The SMILES string of the molecule is NC(=O)COCCNC(=O)CCC1CCNCC1. The molecular weight excluding hydrogens is 234 g/mol. The van der Waals surface area contributed by atoms with Crippen LogP contribution < -0.4 is 16.4 Å². The van der Waals surface area contributed by atoms with E-state index < -0.39 is 5.91 Å². The first-order valence-corrected chi connectivity index (χ1v) is 6.52. The molecule has 1 fully saturated rings. The van der Waals surface area contributed by atoms with Crippen molar-refractivity contribution in [2.45, 2.75) is 25.7 Å². The Bertz CT molecular complexity index is 265. The maximum atomic E-state index is 11.5. The molecule has 0 aromatic heterocycles. The standard InChI is InChI=1S/C12H23N3O3/c13-11(16)9-18-8-7-15-12(17)2-1-10-3-5-14-6-4-10/h10,14H,1-9H2,(H2,13,16)(H,15,17). The lowest BCUT2D eigenvalue weighted by molar-refractivity contribution is -0.122. The Labute approximate surface area is 108 Å². The predicted octanol–water partition coefficient (Wildman–Crippen LogP) is -0.616. The Balaban J connectivity index is 1.94. The van der Waals surface area contributed by atoms with Crippen LogP contribution in [-0.2, 0) is 14.3 Å². The number of primary amides is 1. The van der Waals surface area contributed by atoms with Crippen molar-refractivity contribution in [3.63, 3.8) is 0 Å². The molecule has 1 heterocycles. The molecule has 0 saturated carbocycles. The summed E-state index contributed by atoms with van der Waals surface area (Å²) >= 11 is 0. The van der Waals surface area contributed by atoms with E-state index in [1.54, 1.807) is 0 Å². The normalized spacial score (nSPS) is 16.4. The number of nitrogens with two attached hydrogens (primary N) is 1. The summed E-state index contributed by atoms with van der Waals surface area (Å²) in [4.78, 5) is 21.9. The Hall–Kier alpha value is -1.14. The number of carbonyl (C=O) groups excluding carboxylic acids is 2. The smallest absolute Gasteiger partial charge is 0.243 e. The Morgan fingerprint density at radius 1 is 1.33 bits per heavy atom. The number of amides is 2. The van der Waals surface area contributed by atoms with Crippen LogP contribution in [0.5, 0.6) is 0 Å². The van der Waals surface area contributed by atoms with E-state index in [1.807, 2.05) is 0 Å². The van der Waals surface area contributed by atoms with Gasteiger partial charge in [0.05, 0.1) is 6.61 Å². The van der Waals surface area contributed by atoms with Gasteiger partial charge < -0.3 is 21.1 Å². The molecule has 0 aromatic rings. The van der Waals surface area contributed by atoms with Crippen LogP contribution in [0.25, 0.3) is 0 Å². The van der Waals surface area contributed by atoms with Crippen LogP contribution in [0.2, 0.25) is 0 Å². The monoisotopic (exact) mass is 257 g/mol. The Kier molecular flexibility index (Phi) is 7.36. The van der Waals surface area contributed by atoms with E-state index >= 15 is 0 Å². The number of hydrogen-bond donors (Lipinski definition) is 3. The summed E-state index contributed by atoms with van der Waals surface area (Å²) in [6.45, 7) is 2.78. The van der Waals surface area contributed by atoms with Crippen molar-refractivity contribution >= 4 is 11.8 Å². The lowest BCUT2D eigenvalue weighted by atomic mass is 9.93. The summed E-state index contributed by atoms with van der Waals surface area (Å²) in [6, 6.07) is 0. The maximum absolute atomic E-state index is 11.5. The molecule has 6 nitrogen and oxygen atoms in total. The Morgan fingerprint density at radius 3 is 2.72 bits per heavy atom. The van der Waals surface area contributed by atoms with Crippen LogP contribution in [0.15, 0.2) is 0 Å². The molecule has 6 heteroatoms. The summed E-state index contributed by atoms with van der Waals surface area (Å²) in [5.41, 5.74) is 4.91. The second-order valence-electron chi connectivity index (χ2n) is 4.60. The summed E-state index contributed by atoms with van der Waals surface area (Å²) < 4.78 is 4.94. The van der Waals surface area contributed by atoms with Crippen molar-refractivity contribution in [2.24, 2.45) is 11.7 Å². The van der Waals surface area contributed by atoms with Crippen LogP contribution in [0.4, 0.5) is 0 Å². The fraction of sp³-hybridized carbons (Fsp3) is 0.833. The second-order valence-corrected chi connectivity index (χ2v) is 4.60. The lowest BCUT2D eigenvalue weighted by Crippen LogP contribution is -2.31. The average Bonchev–Trinajstić information content (AvgIpc) is 2.37. The van der Waals surface area contributed by atoms with E-state index in [1.165, 1.54) is 0 Å². The zero-order chi connectivity index (χ0) is 13.2. The fourth-order valence-corrected chi connectivity index (χ4v) is 2.03. The first-order valence-electron chi connectivity index (χ1n) is 6.52. The van der Waals surface area contributed by atoms with E-state index in [-0.39, 0.29) is 12.5 Å². The number of ether oxygens (including phenoxy) is 1. The quantitative estimate of drug-likeness (QED) is 0.505. The van der Waals surface area contributed by atoms with Crippen molar-refractivity contribution in [3.05, 3.63) is 0 Å². The van der Waals surface area contributed by atoms with Crippen LogP contribution in [0, 0.1) is 5.92 Å². The van der Waals surface area contributed by atoms with Crippen molar-refractivity contribution in [1.29, 1.82) is 0 Å². The van der Waals surface area contributed by atoms with Gasteiger partial charge >= 0.3 is 0 Å². The molecule has 1 rings (SSSR count). The van der Waals surface area contributed by atoms with Crippen molar-refractivity contribution in [3.8, 4) is 0 Å². The maximum Gasteiger partial charge on any atom is 0.243 e. The predicted molar refractivity (Wildman–Crippen MR) is 67.9 cm³/mol. The topological polar surface area (TPSA) is 93.5 Å². The van der Waals surface area contributed by atoms with Crippen LogP contribution in [0.3, 0.4) is 0 Å². The van der Waals surface area contributed by atoms with Crippen molar-refractivity contribution < 1.29 is 14.3 Å². The molecule has 18 heavy (non-hydrogen) atoms. The average molecular weight is 257 g/mol. The number of nitrogens with one attached hydrogen (secondary N) is 2. The highest BCUT2D eigenvalue weighted by Crippen LogP contribution is 2.17. The molecule has 0 radical (unpaired) electrons. The molecule has 0 bridgehead atoms. The molecule has 0 spiro atoms. The van der Waals surface area contributed by atoms with Gasteiger partial charge in [0, 0.05) is 13.0 Å². The van der Waals surface area contributed by atoms with E-state index in [4.69, 9.17) is 10.5 Å². The summed E-state index contributed by atoms with van der Waals surface area (Å²) in [7, 11) is 0. The lowest BCUT2D eigenvalue weighted by Gasteiger charge is -2.22. The summed E-state index contributed by atoms with van der Waals surface area (Å²) in [5.74, 6) is 0.228. The largest absolute Gasteiger partial charge is 0.370 e. The molecular formula is C12H23N3O3. The van der Waals surface area contributed by atoms with Crippen molar-refractivity contribution in [2.75, 3.05) is 32.8 Å². The zero-order valence-electron chi connectivity index (χ0n) is 10.7. The molecule has 2 amide bonds. The van der Waals surface area contributed by atoms with Gasteiger partial charge in [-0.1, -0.05) is 0 Å². The van der Waals surface area contributed by atoms with Gasteiger partial charge in [-0.15, -0.1) is 0 Å². The molecule has 1 saturated heterocycles.